The third-order valence-electron chi connectivity index (χ3n) is 3.92. The summed E-state index contributed by atoms with van der Waals surface area (Å²) in [6.07, 6.45) is 1.64. The van der Waals surface area contributed by atoms with Crippen LogP contribution in [0.5, 0.6) is 0 Å². The molecule has 0 aliphatic carbocycles. The van der Waals surface area contributed by atoms with Gasteiger partial charge < -0.3 is 14.0 Å². The lowest BCUT2D eigenvalue weighted by molar-refractivity contribution is -0.143. The smallest absolute Gasteiger partial charge is 0.338 e. The number of benzene rings is 1. The van der Waals surface area contributed by atoms with Gasteiger partial charge in [0.15, 0.2) is 10.5 Å². The monoisotopic (exact) mass is 416 g/mol. The summed E-state index contributed by atoms with van der Waals surface area (Å²) in [6, 6.07) is 6.53. The number of fused-ring (bicyclic) bond motifs is 1. The standard InChI is InChI=1S/C19H20N4O5S/c1-4-27-16(24)11-23-14-7-6-12(18(26)28-5-2)10-15(14)29-19(23)20-17(25)13-8-9-22(3)21-13/h6-10H,4-5,11H2,1-3H3. The average Bonchev–Trinajstić information content (AvgIpc) is 3.26. The van der Waals surface area contributed by atoms with Gasteiger partial charge in [-0.1, -0.05) is 11.3 Å². The number of ether oxygens (including phenoxy) is 2. The highest BCUT2D eigenvalue weighted by Gasteiger charge is 2.16. The predicted molar refractivity (Wildman–Crippen MR) is 106 cm³/mol. The summed E-state index contributed by atoms with van der Waals surface area (Å²) < 4.78 is 13.9. The number of hydrogen-bond donors (Lipinski definition) is 0. The van der Waals surface area contributed by atoms with Crippen LogP contribution in [-0.2, 0) is 27.9 Å². The molecule has 2 heterocycles. The molecule has 29 heavy (non-hydrogen) atoms. The molecule has 0 saturated carbocycles. The van der Waals surface area contributed by atoms with Gasteiger partial charge in [0.2, 0.25) is 0 Å². The van der Waals surface area contributed by atoms with Gasteiger partial charge in [0.05, 0.1) is 29.0 Å². The highest BCUT2D eigenvalue weighted by atomic mass is 32.1. The van der Waals surface area contributed by atoms with Crippen LogP contribution in [0.2, 0.25) is 0 Å². The highest BCUT2D eigenvalue weighted by Crippen LogP contribution is 2.20. The van der Waals surface area contributed by atoms with Gasteiger partial charge in [-0.25, -0.2) is 4.79 Å². The summed E-state index contributed by atoms with van der Waals surface area (Å²) >= 11 is 1.19. The van der Waals surface area contributed by atoms with Crippen LogP contribution in [0.1, 0.15) is 34.7 Å². The van der Waals surface area contributed by atoms with E-state index in [9.17, 15) is 14.4 Å². The lowest BCUT2D eigenvalue weighted by Gasteiger charge is -2.06. The quantitative estimate of drug-likeness (QED) is 0.569. The second-order valence-corrected chi connectivity index (χ2v) is 6.98. The molecule has 0 unspecified atom stereocenters. The van der Waals surface area contributed by atoms with Gasteiger partial charge in [-0.15, -0.1) is 0 Å². The van der Waals surface area contributed by atoms with Crippen molar-refractivity contribution < 1.29 is 23.9 Å². The maximum absolute atomic E-state index is 12.5. The van der Waals surface area contributed by atoms with Gasteiger partial charge in [-0.3, -0.25) is 14.3 Å². The van der Waals surface area contributed by atoms with E-state index < -0.39 is 17.8 Å². The van der Waals surface area contributed by atoms with Crippen molar-refractivity contribution in [2.75, 3.05) is 13.2 Å². The number of esters is 2. The second-order valence-electron chi connectivity index (χ2n) is 5.97. The molecule has 0 fully saturated rings. The second kappa shape index (κ2) is 8.82. The average molecular weight is 416 g/mol. The van der Waals surface area contributed by atoms with E-state index in [1.54, 1.807) is 55.9 Å². The first-order valence-electron chi connectivity index (χ1n) is 8.97. The third-order valence-corrected chi connectivity index (χ3v) is 4.96. The molecular weight excluding hydrogens is 396 g/mol. The zero-order chi connectivity index (χ0) is 21.0. The maximum atomic E-state index is 12.5. The van der Waals surface area contributed by atoms with Gasteiger partial charge in [0, 0.05) is 13.2 Å². The Bertz CT molecular complexity index is 1140. The molecule has 0 aliphatic rings. The number of nitrogens with zero attached hydrogens (tertiary/aromatic N) is 4. The fraction of sp³-hybridized carbons (Fsp3) is 0.316. The van der Waals surface area contributed by atoms with Crippen LogP contribution in [0.3, 0.4) is 0 Å². The Morgan fingerprint density at radius 3 is 2.55 bits per heavy atom. The molecule has 0 N–H and O–H groups in total. The third kappa shape index (κ3) is 4.60. The number of carbonyl (C=O) groups is 3. The summed E-state index contributed by atoms with van der Waals surface area (Å²) in [5.41, 5.74) is 1.23. The van der Waals surface area contributed by atoms with Crippen LogP contribution in [0, 0.1) is 0 Å². The molecule has 3 rings (SSSR count). The molecular formula is C19H20N4O5S. The Morgan fingerprint density at radius 1 is 1.14 bits per heavy atom. The molecule has 0 aliphatic heterocycles. The largest absolute Gasteiger partial charge is 0.465 e. The first-order valence-corrected chi connectivity index (χ1v) is 9.79. The van der Waals surface area contributed by atoms with E-state index in [4.69, 9.17) is 9.47 Å². The van der Waals surface area contributed by atoms with Crippen LogP contribution in [0.4, 0.5) is 0 Å². The molecule has 0 radical (unpaired) electrons. The number of rotatable bonds is 6. The zero-order valence-corrected chi connectivity index (χ0v) is 17.1. The molecule has 0 spiro atoms. The van der Waals surface area contributed by atoms with Gasteiger partial charge in [0.1, 0.15) is 6.54 Å². The topological polar surface area (TPSA) is 105 Å². The zero-order valence-electron chi connectivity index (χ0n) is 16.2. The Balaban J connectivity index is 2.10. The lowest BCUT2D eigenvalue weighted by Crippen LogP contribution is -2.23. The van der Waals surface area contributed by atoms with Crippen LogP contribution in [-0.4, -0.2) is 45.4 Å². The summed E-state index contributed by atoms with van der Waals surface area (Å²) in [6.45, 7) is 3.85. The summed E-state index contributed by atoms with van der Waals surface area (Å²) in [5.74, 6) is -1.42. The van der Waals surface area contributed by atoms with Gasteiger partial charge in [-0.2, -0.15) is 10.1 Å². The van der Waals surface area contributed by atoms with Gasteiger partial charge in [0.25, 0.3) is 5.91 Å². The summed E-state index contributed by atoms with van der Waals surface area (Å²) in [4.78, 5) is 41.0. The SMILES string of the molecule is CCOC(=O)Cn1c(=NC(=O)c2ccn(C)n2)sc2cc(C(=O)OCC)ccc21. The van der Waals surface area contributed by atoms with Crippen LogP contribution < -0.4 is 4.80 Å². The maximum Gasteiger partial charge on any atom is 0.338 e. The van der Waals surface area contributed by atoms with Gasteiger partial charge >= 0.3 is 11.9 Å². The Morgan fingerprint density at radius 2 is 1.90 bits per heavy atom. The fourth-order valence-electron chi connectivity index (χ4n) is 2.66. The normalized spacial score (nSPS) is 11.6. The minimum absolute atomic E-state index is 0.110. The minimum atomic E-state index is -0.527. The summed E-state index contributed by atoms with van der Waals surface area (Å²) in [5, 5.41) is 4.05. The van der Waals surface area contributed by atoms with E-state index in [0.717, 1.165) is 0 Å². The van der Waals surface area contributed by atoms with Crippen molar-refractivity contribution in [1.82, 2.24) is 14.3 Å². The number of thiazole rings is 1. The summed E-state index contributed by atoms with van der Waals surface area (Å²) in [7, 11) is 1.70. The number of carbonyl (C=O) groups excluding carboxylic acids is 3. The molecule has 1 amide bonds. The Kier molecular flexibility index (Phi) is 6.23. The van der Waals surface area contributed by atoms with E-state index in [1.807, 2.05) is 0 Å². The fourth-order valence-corrected chi connectivity index (χ4v) is 3.73. The lowest BCUT2D eigenvalue weighted by atomic mass is 10.2. The van der Waals surface area contributed by atoms with Crippen LogP contribution >= 0.6 is 11.3 Å². The molecule has 0 bridgehead atoms. The number of hydrogen-bond acceptors (Lipinski definition) is 7. The molecule has 10 heteroatoms. The van der Waals surface area contributed by atoms with Gasteiger partial charge in [-0.05, 0) is 38.1 Å². The minimum Gasteiger partial charge on any atom is -0.465 e. The predicted octanol–water partition coefficient (Wildman–Crippen LogP) is 1.92. The highest BCUT2D eigenvalue weighted by molar-refractivity contribution is 7.16. The molecule has 0 atom stereocenters. The van der Waals surface area contributed by atoms with Crippen molar-refractivity contribution in [2.45, 2.75) is 20.4 Å². The van der Waals surface area contributed by atoms with Crippen molar-refractivity contribution >= 4 is 39.4 Å². The first-order chi connectivity index (χ1) is 13.9. The van der Waals surface area contributed by atoms with Crippen molar-refractivity contribution in [3.8, 4) is 0 Å². The number of aromatic nitrogens is 3. The van der Waals surface area contributed by atoms with E-state index in [2.05, 4.69) is 10.1 Å². The molecule has 1 aromatic carbocycles. The van der Waals surface area contributed by atoms with Crippen LogP contribution in [0.15, 0.2) is 35.5 Å². The van der Waals surface area contributed by atoms with Crippen molar-refractivity contribution in [1.29, 1.82) is 0 Å². The van der Waals surface area contributed by atoms with E-state index in [0.29, 0.717) is 20.6 Å². The Labute approximate surface area is 170 Å². The van der Waals surface area contributed by atoms with Crippen molar-refractivity contribution in [3.63, 3.8) is 0 Å². The Hall–Kier alpha value is -3.27. The number of aryl methyl sites for hydroxylation is 1. The number of amides is 1. The molecule has 9 nitrogen and oxygen atoms in total. The first kappa shape index (κ1) is 20.5. The molecule has 2 aromatic heterocycles. The molecule has 3 aromatic rings. The van der Waals surface area contributed by atoms with Crippen molar-refractivity contribution in [3.05, 3.63) is 46.5 Å². The van der Waals surface area contributed by atoms with Crippen LogP contribution in [0.25, 0.3) is 10.2 Å². The molecule has 0 saturated heterocycles. The van der Waals surface area contributed by atoms with Crippen molar-refractivity contribution in [2.24, 2.45) is 12.0 Å². The van der Waals surface area contributed by atoms with E-state index in [-0.39, 0.29) is 25.5 Å². The van der Waals surface area contributed by atoms with E-state index >= 15 is 0 Å². The van der Waals surface area contributed by atoms with E-state index in [1.165, 1.54) is 16.0 Å². The molecule has 152 valence electrons.